The summed E-state index contributed by atoms with van der Waals surface area (Å²) in [4.78, 5) is 8.16. The van der Waals surface area contributed by atoms with Crippen LogP contribution in [0.5, 0.6) is 17.2 Å². The van der Waals surface area contributed by atoms with Gasteiger partial charge in [0, 0.05) is 44.8 Å². The average Bonchev–Trinajstić information content (AvgIpc) is 2.76. The van der Waals surface area contributed by atoms with Gasteiger partial charge < -0.3 is 24.4 Å². The van der Waals surface area contributed by atoms with Crippen molar-refractivity contribution in [3.05, 3.63) is 17.7 Å². The van der Waals surface area contributed by atoms with Crippen molar-refractivity contribution < 1.29 is 27.4 Å². The number of halogens is 3. The van der Waals surface area contributed by atoms with E-state index in [0.717, 1.165) is 5.56 Å². The van der Waals surface area contributed by atoms with Crippen molar-refractivity contribution in [1.82, 2.24) is 15.1 Å². The summed E-state index contributed by atoms with van der Waals surface area (Å²) in [6, 6.07) is 2.30. The summed E-state index contributed by atoms with van der Waals surface area (Å²) in [6.07, 6.45) is -3.59. The molecular weight excluding hydrogens is 413 g/mol. The van der Waals surface area contributed by atoms with Gasteiger partial charge in [0.2, 0.25) is 5.75 Å². The number of piperazine rings is 1. The summed E-state index contributed by atoms with van der Waals surface area (Å²) >= 11 is 0. The lowest BCUT2D eigenvalue weighted by atomic mass is 10.1. The van der Waals surface area contributed by atoms with Gasteiger partial charge >= 0.3 is 6.18 Å². The highest BCUT2D eigenvalue weighted by molar-refractivity contribution is 5.80. The second kappa shape index (κ2) is 11.3. The van der Waals surface area contributed by atoms with Crippen LogP contribution in [0.4, 0.5) is 13.2 Å². The molecule has 0 spiro atoms. The van der Waals surface area contributed by atoms with Crippen LogP contribution in [0.1, 0.15) is 19.4 Å². The Hall–Kier alpha value is -2.36. The van der Waals surface area contributed by atoms with Crippen LogP contribution in [-0.4, -0.2) is 88.6 Å². The Morgan fingerprint density at radius 3 is 2.23 bits per heavy atom. The van der Waals surface area contributed by atoms with E-state index in [1.54, 1.807) is 21.3 Å². The standard InChI is InChI=1S/C21H33F3N4O3/c1-6-25-20(28-13-11-27(12-14-28)15(2)21(22,23)24)26-10-9-16-7-8-17(29-3)19(31-5)18(16)30-4/h7-8,15H,6,9-14H2,1-5H3,(H,25,26). The molecule has 1 saturated heterocycles. The largest absolute Gasteiger partial charge is 0.493 e. The van der Waals surface area contributed by atoms with E-state index in [4.69, 9.17) is 14.2 Å². The molecule has 0 radical (unpaired) electrons. The van der Waals surface area contributed by atoms with Crippen LogP contribution in [0.2, 0.25) is 0 Å². The van der Waals surface area contributed by atoms with Crippen LogP contribution in [-0.2, 0) is 6.42 Å². The average molecular weight is 447 g/mol. The highest BCUT2D eigenvalue weighted by Gasteiger charge is 2.41. The molecule has 1 aliphatic heterocycles. The van der Waals surface area contributed by atoms with Crippen molar-refractivity contribution >= 4 is 5.96 Å². The first kappa shape index (κ1) is 24.9. The quantitative estimate of drug-likeness (QED) is 0.490. The van der Waals surface area contributed by atoms with Gasteiger partial charge in [-0.1, -0.05) is 6.07 Å². The van der Waals surface area contributed by atoms with Crippen LogP contribution >= 0.6 is 0 Å². The first-order valence-corrected chi connectivity index (χ1v) is 10.4. The fourth-order valence-corrected chi connectivity index (χ4v) is 3.60. The highest BCUT2D eigenvalue weighted by atomic mass is 19.4. The number of benzene rings is 1. The molecular formula is C21H33F3N4O3. The van der Waals surface area contributed by atoms with E-state index in [2.05, 4.69) is 10.3 Å². The van der Waals surface area contributed by atoms with E-state index < -0.39 is 12.2 Å². The van der Waals surface area contributed by atoms with Crippen molar-refractivity contribution in [2.24, 2.45) is 4.99 Å². The number of nitrogens with zero attached hydrogens (tertiary/aromatic N) is 3. The van der Waals surface area contributed by atoms with Crippen LogP contribution in [0.15, 0.2) is 17.1 Å². The Bertz CT molecular complexity index is 735. The number of hydrogen-bond acceptors (Lipinski definition) is 5. The number of rotatable bonds is 8. The normalized spacial score (nSPS) is 16.8. The lowest BCUT2D eigenvalue weighted by Crippen LogP contribution is -2.56. The number of hydrogen-bond donors (Lipinski definition) is 1. The molecule has 1 aromatic rings. The molecule has 10 heteroatoms. The molecule has 1 aromatic carbocycles. The lowest BCUT2D eigenvalue weighted by molar-refractivity contribution is -0.181. The maximum Gasteiger partial charge on any atom is 0.403 e. The second-order valence-electron chi connectivity index (χ2n) is 7.22. The van der Waals surface area contributed by atoms with Gasteiger partial charge in [0.25, 0.3) is 0 Å². The number of guanidine groups is 1. The molecule has 1 heterocycles. The topological polar surface area (TPSA) is 58.6 Å². The zero-order valence-electron chi connectivity index (χ0n) is 18.9. The summed E-state index contributed by atoms with van der Waals surface area (Å²) in [5.74, 6) is 2.44. The zero-order chi connectivity index (χ0) is 23.0. The van der Waals surface area contributed by atoms with Crippen molar-refractivity contribution in [2.75, 3.05) is 60.6 Å². The minimum absolute atomic E-state index is 0.342. The molecule has 7 nitrogen and oxygen atoms in total. The molecule has 0 bridgehead atoms. The third-order valence-electron chi connectivity index (χ3n) is 5.40. The van der Waals surface area contributed by atoms with Crippen molar-refractivity contribution in [1.29, 1.82) is 0 Å². The maximum absolute atomic E-state index is 13.0. The number of methoxy groups -OCH3 is 3. The summed E-state index contributed by atoms with van der Waals surface area (Å²) in [6.45, 7) is 6.02. The van der Waals surface area contributed by atoms with E-state index in [9.17, 15) is 13.2 Å². The molecule has 1 unspecified atom stereocenters. The van der Waals surface area contributed by atoms with E-state index in [1.165, 1.54) is 11.8 Å². The van der Waals surface area contributed by atoms with Crippen LogP contribution < -0.4 is 19.5 Å². The summed E-state index contributed by atoms with van der Waals surface area (Å²) in [7, 11) is 4.71. The summed E-state index contributed by atoms with van der Waals surface area (Å²) < 4.78 is 55.2. The summed E-state index contributed by atoms with van der Waals surface area (Å²) in [5, 5.41) is 3.24. The third kappa shape index (κ3) is 6.32. The lowest BCUT2D eigenvalue weighted by Gasteiger charge is -2.39. The Morgan fingerprint density at radius 1 is 1.06 bits per heavy atom. The van der Waals surface area contributed by atoms with E-state index in [1.807, 2.05) is 24.0 Å². The highest BCUT2D eigenvalue weighted by Crippen LogP contribution is 2.39. The van der Waals surface area contributed by atoms with Gasteiger partial charge in [0.1, 0.15) is 6.04 Å². The van der Waals surface area contributed by atoms with Gasteiger partial charge in [-0.2, -0.15) is 13.2 Å². The van der Waals surface area contributed by atoms with E-state index >= 15 is 0 Å². The number of ether oxygens (including phenoxy) is 3. The molecule has 1 N–H and O–H groups in total. The van der Waals surface area contributed by atoms with E-state index in [-0.39, 0.29) is 0 Å². The van der Waals surface area contributed by atoms with Gasteiger partial charge in [0.05, 0.1) is 21.3 Å². The van der Waals surface area contributed by atoms with Gasteiger partial charge in [-0.25, -0.2) is 0 Å². The molecule has 176 valence electrons. The number of alkyl halides is 3. The maximum atomic E-state index is 13.0. The van der Waals surface area contributed by atoms with Crippen molar-refractivity contribution in [3.8, 4) is 17.2 Å². The fourth-order valence-electron chi connectivity index (χ4n) is 3.60. The van der Waals surface area contributed by atoms with Gasteiger partial charge in [-0.15, -0.1) is 0 Å². The molecule has 1 aliphatic rings. The number of aliphatic imine (C=N–C) groups is 1. The van der Waals surface area contributed by atoms with Crippen molar-refractivity contribution in [2.45, 2.75) is 32.5 Å². The molecule has 1 atom stereocenters. The minimum atomic E-state index is -4.21. The predicted octanol–water partition coefficient (Wildman–Crippen LogP) is 2.79. The minimum Gasteiger partial charge on any atom is -0.493 e. The SMILES string of the molecule is CCNC(=NCCc1ccc(OC)c(OC)c1OC)N1CCN(C(C)C(F)(F)F)CC1. The third-order valence-corrected chi connectivity index (χ3v) is 5.40. The smallest absolute Gasteiger partial charge is 0.403 e. The first-order chi connectivity index (χ1) is 14.8. The van der Waals surface area contributed by atoms with Crippen LogP contribution in [0.25, 0.3) is 0 Å². The predicted molar refractivity (Wildman–Crippen MR) is 114 cm³/mol. The fraction of sp³-hybridized carbons (Fsp3) is 0.667. The zero-order valence-corrected chi connectivity index (χ0v) is 18.9. The Labute approximate surface area is 182 Å². The van der Waals surface area contributed by atoms with Gasteiger partial charge in [0.15, 0.2) is 17.5 Å². The summed E-state index contributed by atoms with van der Waals surface area (Å²) in [5.41, 5.74) is 0.934. The molecule has 0 saturated carbocycles. The monoisotopic (exact) mass is 446 g/mol. The molecule has 1 fully saturated rings. The molecule has 0 amide bonds. The van der Waals surface area contributed by atoms with Gasteiger partial charge in [-0.3, -0.25) is 9.89 Å². The Kier molecular flexibility index (Phi) is 9.09. The second-order valence-corrected chi connectivity index (χ2v) is 7.22. The Balaban J connectivity index is 2.05. The molecule has 0 aromatic heterocycles. The van der Waals surface area contributed by atoms with Crippen LogP contribution in [0, 0.1) is 0 Å². The Morgan fingerprint density at radius 2 is 1.71 bits per heavy atom. The van der Waals surface area contributed by atoms with Crippen molar-refractivity contribution in [3.63, 3.8) is 0 Å². The molecule has 0 aliphatic carbocycles. The molecule has 31 heavy (non-hydrogen) atoms. The van der Waals surface area contributed by atoms with E-state index in [0.29, 0.717) is 68.9 Å². The first-order valence-electron chi connectivity index (χ1n) is 10.4. The van der Waals surface area contributed by atoms with Gasteiger partial charge in [-0.05, 0) is 26.3 Å². The molecule has 2 rings (SSSR count). The van der Waals surface area contributed by atoms with Crippen LogP contribution in [0.3, 0.4) is 0 Å². The number of nitrogens with one attached hydrogen (secondary N) is 1.